The number of guanidine groups is 1. The van der Waals surface area contributed by atoms with Crippen LogP contribution >= 0.6 is 0 Å². The maximum Gasteiger partial charge on any atom is 0.191 e. The van der Waals surface area contributed by atoms with Gasteiger partial charge in [0.05, 0.1) is 25.3 Å². The van der Waals surface area contributed by atoms with Crippen LogP contribution in [-0.4, -0.2) is 26.2 Å². The second-order valence-corrected chi connectivity index (χ2v) is 5.60. The number of benzene rings is 2. The number of para-hydroxylation sites is 1. The number of halogens is 1. The van der Waals surface area contributed by atoms with E-state index in [1.165, 1.54) is 18.2 Å². The molecule has 0 unspecified atom stereocenters. The molecule has 0 heterocycles. The minimum Gasteiger partial charge on any atom is -0.496 e. The summed E-state index contributed by atoms with van der Waals surface area (Å²) < 4.78 is 19.2. The lowest BCUT2D eigenvalue weighted by Gasteiger charge is -2.13. The Morgan fingerprint density at radius 2 is 2.00 bits per heavy atom. The van der Waals surface area contributed by atoms with Gasteiger partial charge in [-0.2, -0.15) is 5.26 Å². The Morgan fingerprint density at radius 3 is 2.73 bits per heavy atom. The standard InChI is InChI=1S/C20H23FN4O/c1-3-23-20(24-11-10-16-6-4-5-7-19(16)26-2)25-14-17-12-15(13-22)8-9-18(17)21/h4-9,12H,3,10-11,14H2,1-2H3,(H2,23,24,25). The Morgan fingerprint density at radius 1 is 1.19 bits per heavy atom. The number of nitrogens with zero attached hydrogens (tertiary/aromatic N) is 2. The summed E-state index contributed by atoms with van der Waals surface area (Å²) in [6.07, 6.45) is 0.771. The maximum absolute atomic E-state index is 13.9. The maximum atomic E-state index is 13.9. The molecule has 0 aliphatic heterocycles. The van der Waals surface area contributed by atoms with E-state index in [1.807, 2.05) is 37.3 Å². The van der Waals surface area contributed by atoms with Crippen LogP contribution in [0.25, 0.3) is 0 Å². The second kappa shape index (κ2) is 10.0. The molecule has 0 radical (unpaired) electrons. The highest BCUT2D eigenvalue weighted by Crippen LogP contribution is 2.17. The van der Waals surface area contributed by atoms with Crippen molar-refractivity contribution in [1.82, 2.24) is 10.6 Å². The normalized spacial score (nSPS) is 10.9. The van der Waals surface area contributed by atoms with Crippen LogP contribution in [0.2, 0.25) is 0 Å². The lowest BCUT2D eigenvalue weighted by molar-refractivity contribution is 0.409. The summed E-state index contributed by atoms with van der Waals surface area (Å²) in [7, 11) is 1.65. The Bertz CT molecular complexity index is 799. The van der Waals surface area contributed by atoms with Crippen molar-refractivity contribution in [3.63, 3.8) is 0 Å². The van der Waals surface area contributed by atoms with E-state index in [-0.39, 0.29) is 12.4 Å². The van der Waals surface area contributed by atoms with Crippen molar-refractivity contribution >= 4 is 5.96 Å². The summed E-state index contributed by atoms with van der Waals surface area (Å²) in [5, 5.41) is 15.3. The van der Waals surface area contributed by atoms with E-state index < -0.39 is 0 Å². The molecule has 0 saturated heterocycles. The molecule has 2 aromatic rings. The molecule has 2 aromatic carbocycles. The fourth-order valence-corrected chi connectivity index (χ4v) is 2.50. The molecule has 0 aromatic heterocycles. The first-order valence-electron chi connectivity index (χ1n) is 8.50. The third kappa shape index (κ3) is 5.49. The van der Waals surface area contributed by atoms with Crippen LogP contribution in [0.3, 0.4) is 0 Å². The van der Waals surface area contributed by atoms with Crippen molar-refractivity contribution in [2.24, 2.45) is 4.99 Å². The minimum atomic E-state index is -0.363. The molecule has 0 aliphatic carbocycles. The summed E-state index contributed by atoms with van der Waals surface area (Å²) in [4.78, 5) is 4.41. The molecule has 0 aliphatic rings. The number of hydrogen-bond donors (Lipinski definition) is 2. The number of nitrogens with one attached hydrogen (secondary N) is 2. The Labute approximate surface area is 153 Å². The average molecular weight is 354 g/mol. The third-order valence-electron chi connectivity index (χ3n) is 3.81. The number of ether oxygens (including phenoxy) is 1. The van der Waals surface area contributed by atoms with Gasteiger partial charge in [-0.3, -0.25) is 0 Å². The predicted octanol–water partition coefficient (Wildman–Crippen LogP) is 3.00. The minimum absolute atomic E-state index is 0.158. The second-order valence-electron chi connectivity index (χ2n) is 5.60. The molecular formula is C20H23FN4O. The number of methoxy groups -OCH3 is 1. The van der Waals surface area contributed by atoms with E-state index in [0.717, 1.165) is 17.7 Å². The van der Waals surface area contributed by atoms with Crippen LogP contribution in [0, 0.1) is 17.1 Å². The van der Waals surface area contributed by atoms with E-state index in [9.17, 15) is 4.39 Å². The van der Waals surface area contributed by atoms with Gasteiger partial charge < -0.3 is 15.4 Å². The van der Waals surface area contributed by atoms with Crippen molar-refractivity contribution in [1.29, 1.82) is 5.26 Å². The average Bonchev–Trinajstić information content (AvgIpc) is 2.67. The topological polar surface area (TPSA) is 69.4 Å². The summed E-state index contributed by atoms with van der Waals surface area (Å²) in [6.45, 7) is 3.48. The zero-order chi connectivity index (χ0) is 18.8. The van der Waals surface area contributed by atoms with Gasteiger partial charge in [-0.05, 0) is 43.2 Å². The zero-order valence-corrected chi connectivity index (χ0v) is 15.1. The van der Waals surface area contributed by atoms with Crippen LogP contribution < -0.4 is 15.4 Å². The predicted molar refractivity (Wildman–Crippen MR) is 101 cm³/mol. The first-order valence-corrected chi connectivity index (χ1v) is 8.50. The Kier molecular flexibility index (Phi) is 7.44. The van der Waals surface area contributed by atoms with Crippen molar-refractivity contribution < 1.29 is 9.13 Å². The highest BCUT2D eigenvalue weighted by atomic mass is 19.1. The summed E-state index contributed by atoms with van der Waals surface area (Å²) in [6, 6.07) is 14.2. The van der Waals surface area contributed by atoms with E-state index in [4.69, 9.17) is 10.00 Å². The highest BCUT2D eigenvalue weighted by molar-refractivity contribution is 5.79. The molecule has 0 bridgehead atoms. The van der Waals surface area contributed by atoms with Crippen LogP contribution in [0.4, 0.5) is 4.39 Å². The van der Waals surface area contributed by atoms with Crippen molar-refractivity contribution in [3.05, 3.63) is 65.0 Å². The quantitative estimate of drug-likeness (QED) is 0.592. The zero-order valence-electron chi connectivity index (χ0n) is 15.1. The number of hydrogen-bond acceptors (Lipinski definition) is 3. The van der Waals surface area contributed by atoms with Gasteiger partial charge in [-0.25, -0.2) is 9.38 Å². The summed E-state index contributed by atoms with van der Waals surface area (Å²) >= 11 is 0. The lowest BCUT2D eigenvalue weighted by atomic mass is 10.1. The van der Waals surface area contributed by atoms with Crippen LogP contribution in [0.15, 0.2) is 47.5 Å². The van der Waals surface area contributed by atoms with Gasteiger partial charge in [0.2, 0.25) is 0 Å². The van der Waals surface area contributed by atoms with Gasteiger partial charge in [0.25, 0.3) is 0 Å². The Balaban J connectivity index is 2.00. The van der Waals surface area contributed by atoms with Crippen LogP contribution in [0.5, 0.6) is 5.75 Å². The van der Waals surface area contributed by atoms with E-state index in [0.29, 0.717) is 30.2 Å². The molecule has 5 nitrogen and oxygen atoms in total. The fourth-order valence-electron chi connectivity index (χ4n) is 2.50. The first-order chi connectivity index (χ1) is 12.7. The summed E-state index contributed by atoms with van der Waals surface area (Å²) in [5.41, 5.74) is 1.92. The smallest absolute Gasteiger partial charge is 0.191 e. The summed E-state index contributed by atoms with van der Waals surface area (Å²) in [5.74, 6) is 1.09. The molecule has 0 saturated carbocycles. The van der Waals surface area contributed by atoms with Crippen molar-refractivity contribution in [3.8, 4) is 11.8 Å². The Hall–Kier alpha value is -3.07. The molecule has 0 spiro atoms. The molecule has 0 atom stereocenters. The van der Waals surface area contributed by atoms with Crippen molar-refractivity contribution in [2.75, 3.05) is 20.2 Å². The largest absolute Gasteiger partial charge is 0.496 e. The number of aliphatic imine (C=N–C) groups is 1. The van der Waals surface area contributed by atoms with E-state index in [1.54, 1.807) is 7.11 Å². The van der Waals surface area contributed by atoms with Crippen LogP contribution in [-0.2, 0) is 13.0 Å². The molecule has 0 amide bonds. The monoisotopic (exact) mass is 354 g/mol. The van der Waals surface area contributed by atoms with Gasteiger partial charge in [-0.1, -0.05) is 18.2 Å². The van der Waals surface area contributed by atoms with Gasteiger partial charge in [0.1, 0.15) is 11.6 Å². The van der Waals surface area contributed by atoms with Gasteiger partial charge in [0, 0.05) is 18.7 Å². The number of rotatable bonds is 7. The molecule has 136 valence electrons. The molecular weight excluding hydrogens is 331 g/mol. The van der Waals surface area contributed by atoms with Gasteiger partial charge >= 0.3 is 0 Å². The van der Waals surface area contributed by atoms with E-state index >= 15 is 0 Å². The van der Waals surface area contributed by atoms with Crippen molar-refractivity contribution in [2.45, 2.75) is 19.9 Å². The van der Waals surface area contributed by atoms with Crippen LogP contribution in [0.1, 0.15) is 23.6 Å². The highest BCUT2D eigenvalue weighted by Gasteiger charge is 2.05. The van der Waals surface area contributed by atoms with Gasteiger partial charge in [-0.15, -0.1) is 0 Å². The lowest BCUT2D eigenvalue weighted by Crippen LogP contribution is -2.38. The fraction of sp³-hybridized carbons (Fsp3) is 0.300. The molecule has 2 N–H and O–H groups in total. The number of nitriles is 1. The SMILES string of the molecule is CCNC(=NCc1cc(C#N)ccc1F)NCCc1ccccc1OC. The molecule has 2 rings (SSSR count). The molecule has 6 heteroatoms. The first kappa shape index (κ1) is 19.3. The van der Waals surface area contributed by atoms with Gasteiger partial charge in [0.15, 0.2) is 5.96 Å². The molecule has 26 heavy (non-hydrogen) atoms. The molecule has 0 fully saturated rings. The third-order valence-corrected chi connectivity index (χ3v) is 3.81. The van der Waals surface area contributed by atoms with E-state index in [2.05, 4.69) is 15.6 Å².